The van der Waals surface area contributed by atoms with E-state index in [-0.39, 0.29) is 30.3 Å². The van der Waals surface area contributed by atoms with Crippen molar-refractivity contribution in [3.63, 3.8) is 0 Å². The van der Waals surface area contributed by atoms with Crippen LogP contribution in [0.1, 0.15) is 59.7 Å². The predicted octanol–water partition coefficient (Wildman–Crippen LogP) is 5.47. The van der Waals surface area contributed by atoms with Gasteiger partial charge in [0.25, 0.3) is 11.8 Å². The second kappa shape index (κ2) is 12.7. The maximum Gasteiger partial charge on any atom is 0.258 e. The van der Waals surface area contributed by atoms with Crippen LogP contribution in [0.2, 0.25) is 0 Å². The average molecular weight is 499 g/mol. The Hall–Kier alpha value is -4.13. The zero-order valence-corrected chi connectivity index (χ0v) is 21.2. The highest BCUT2D eigenvalue weighted by molar-refractivity contribution is 6.06. The van der Waals surface area contributed by atoms with Crippen molar-refractivity contribution in [3.05, 3.63) is 90.0 Å². The third-order valence-corrected chi connectivity index (χ3v) is 6.56. The molecule has 192 valence electrons. The Balaban J connectivity index is 1.29. The topological polar surface area (TPSA) is 90.5 Å². The third-order valence-electron chi connectivity index (χ3n) is 6.56. The summed E-state index contributed by atoms with van der Waals surface area (Å²) < 4.78 is 0. The Morgan fingerprint density at radius 3 is 2.24 bits per heavy atom. The van der Waals surface area contributed by atoms with Gasteiger partial charge in [-0.1, -0.05) is 43.5 Å². The molecule has 0 spiro atoms. The van der Waals surface area contributed by atoms with Crippen LogP contribution in [0.25, 0.3) is 0 Å². The molecule has 3 N–H and O–H groups in total. The van der Waals surface area contributed by atoms with Crippen molar-refractivity contribution in [3.8, 4) is 0 Å². The quantitative estimate of drug-likeness (QED) is 0.365. The molecule has 1 aliphatic rings. The molecule has 0 aromatic heterocycles. The first-order valence-electron chi connectivity index (χ1n) is 12.9. The Morgan fingerprint density at radius 2 is 1.54 bits per heavy atom. The number of carbonyl (C=O) groups excluding carboxylic acids is 3. The summed E-state index contributed by atoms with van der Waals surface area (Å²) in [6.07, 6.45) is 5.64. The lowest BCUT2D eigenvalue weighted by Gasteiger charge is -2.22. The first-order chi connectivity index (χ1) is 18.0. The van der Waals surface area contributed by atoms with Crippen molar-refractivity contribution in [2.45, 2.75) is 45.1 Å². The normalized spacial score (nSPS) is 13.4. The number of benzene rings is 3. The van der Waals surface area contributed by atoms with Crippen molar-refractivity contribution in [1.82, 2.24) is 5.32 Å². The Bertz CT molecular complexity index is 1210. The number of hydrogen-bond donors (Lipinski definition) is 3. The molecule has 1 saturated carbocycles. The van der Waals surface area contributed by atoms with E-state index in [4.69, 9.17) is 0 Å². The van der Waals surface area contributed by atoms with Crippen LogP contribution in [0.4, 0.5) is 17.1 Å². The lowest BCUT2D eigenvalue weighted by atomic mass is 9.95. The zero-order valence-electron chi connectivity index (χ0n) is 21.2. The van der Waals surface area contributed by atoms with Crippen molar-refractivity contribution >= 4 is 34.8 Å². The van der Waals surface area contributed by atoms with Crippen molar-refractivity contribution in [1.29, 1.82) is 0 Å². The number of nitrogens with one attached hydrogen (secondary N) is 3. The van der Waals surface area contributed by atoms with E-state index in [1.165, 1.54) is 6.42 Å². The number of anilines is 3. The van der Waals surface area contributed by atoms with E-state index in [1.54, 1.807) is 47.4 Å². The molecular weight excluding hydrogens is 464 g/mol. The van der Waals surface area contributed by atoms with E-state index in [9.17, 15) is 14.4 Å². The lowest BCUT2D eigenvalue weighted by molar-refractivity contribution is -0.114. The van der Waals surface area contributed by atoms with Gasteiger partial charge in [-0.25, -0.2) is 0 Å². The van der Waals surface area contributed by atoms with Crippen LogP contribution in [-0.2, 0) is 4.79 Å². The monoisotopic (exact) mass is 498 g/mol. The number of hydrogen-bond acceptors (Lipinski definition) is 4. The highest BCUT2D eigenvalue weighted by atomic mass is 16.2. The highest BCUT2D eigenvalue weighted by Gasteiger charge is 2.18. The van der Waals surface area contributed by atoms with E-state index in [0.717, 1.165) is 31.4 Å². The summed E-state index contributed by atoms with van der Waals surface area (Å²) in [5, 5.41) is 9.03. The van der Waals surface area contributed by atoms with Crippen LogP contribution in [0.3, 0.4) is 0 Å². The minimum atomic E-state index is -0.226. The van der Waals surface area contributed by atoms with Gasteiger partial charge in [-0.3, -0.25) is 14.4 Å². The van der Waals surface area contributed by atoms with Gasteiger partial charge in [0.2, 0.25) is 5.91 Å². The van der Waals surface area contributed by atoms with Crippen LogP contribution in [-0.4, -0.2) is 36.9 Å². The first kappa shape index (κ1) is 25.9. The third kappa shape index (κ3) is 7.19. The maximum absolute atomic E-state index is 13.1. The fraction of sp³-hybridized carbons (Fsp3) is 0.300. The van der Waals surface area contributed by atoms with E-state index >= 15 is 0 Å². The van der Waals surface area contributed by atoms with Crippen molar-refractivity contribution in [2.24, 2.45) is 0 Å². The van der Waals surface area contributed by atoms with Gasteiger partial charge in [0.1, 0.15) is 0 Å². The van der Waals surface area contributed by atoms with E-state index in [0.29, 0.717) is 29.0 Å². The van der Waals surface area contributed by atoms with Crippen LogP contribution >= 0.6 is 0 Å². The molecule has 3 aromatic rings. The molecule has 3 amide bonds. The molecule has 0 atom stereocenters. The number of carbonyl (C=O) groups is 3. The predicted molar refractivity (Wildman–Crippen MR) is 148 cm³/mol. The first-order valence-corrected chi connectivity index (χ1v) is 12.9. The van der Waals surface area contributed by atoms with Crippen LogP contribution in [0.15, 0.2) is 78.9 Å². The largest absolute Gasteiger partial charge is 0.376 e. The van der Waals surface area contributed by atoms with Gasteiger partial charge in [0, 0.05) is 40.8 Å². The molecule has 3 aromatic carbocycles. The fourth-order valence-corrected chi connectivity index (χ4v) is 4.58. The molecule has 0 radical (unpaired) electrons. The molecule has 7 nitrogen and oxygen atoms in total. The van der Waals surface area contributed by atoms with E-state index in [1.807, 2.05) is 43.3 Å². The fourth-order valence-electron chi connectivity index (χ4n) is 4.58. The summed E-state index contributed by atoms with van der Waals surface area (Å²) in [6, 6.07) is 23.8. The van der Waals surface area contributed by atoms with Gasteiger partial charge in [-0.05, 0) is 74.4 Å². The van der Waals surface area contributed by atoms with Crippen LogP contribution in [0.5, 0.6) is 0 Å². The molecule has 0 aliphatic heterocycles. The molecule has 7 heteroatoms. The standard InChI is InChI=1S/C30H34N4O3/c1-2-34(27-14-7-4-8-15-27)30(37)23-10-9-13-26(20-23)31-21-28(35)32-25-18-16-22(17-19-25)29(36)33-24-11-5-3-6-12-24/h4,7-10,13-20,24,31H,2-3,5-6,11-12,21H2,1H3,(H,32,35)(H,33,36). The van der Waals surface area contributed by atoms with Gasteiger partial charge in [0.05, 0.1) is 6.54 Å². The number of nitrogens with zero attached hydrogens (tertiary/aromatic N) is 1. The molecule has 0 saturated heterocycles. The molecule has 37 heavy (non-hydrogen) atoms. The second-order valence-corrected chi connectivity index (χ2v) is 9.25. The molecule has 0 heterocycles. The van der Waals surface area contributed by atoms with Gasteiger partial charge >= 0.3 is 0 Å². The van der Waals surface area contributed by atoms with E-state index in [2.05, 4.69) is 16.0 Å². The summed E-state index contributed by atoms with van der Waals surface area (Å²) in [4.78, 5) is 39.8. The molecule has 1 fully saturated rings. The summed E-state index contributed by atoms with van der Waals surface area (Å²) in [5.41, 5.74) is 3.26. The smallest absolute Gasteiger partial charge is 0.258 e. The van der Waals surface area contributed by atoms with Crippen molar-refractivity contribution < 1.29 is 14.4 Å². The van der Waals surface area contributed by atoms with Gasteiger partial charge in [-0.2, -0.15) is 0 Å². The van der Waals surface area contributed by atoms with Crippen LogP contribution < -0.4 is 20.9 Å². The van der Waals surface area contributed by atoms with Crippen molar-refractivity contribution in [2.75, 3.05) is 28.6 Å². The van der Waals surface area contributed by atoms with Gasteiger partial charge in [-0.15, -0.1) is 0 Å². The minimum Gasteiger partial charge on any atom is -0.376 e. The Kier molecular flexibility index (Phi) is 8.92. The minimum absolute atomic E-state index is 0.0394. The number of rotatable bonds is 9. The Morgan fingerprint density at radius 1 is 0.811 bits per heavy atom. The number of amides is 3. The second-order valence-electron chi connectivity index (χ2n) is 9.25. The van der Waals surface area contributed by atoms with E-state index < -0.39 is 0 Å². The molecule has 0 bridgehead atoms. The molecule has 0 unspecified atom stereocenters. The summed E-state index contributed by atoms with van der Waals surface area (Å²) in [7, 11) is 0. The molecular formula is C30H34N4O3. The Labute approximate surface area is 218 Å². The summed E-state index contributed by atoms with van der Waals surface area (Å²) in [5.74, 6) is -0.403. The molecule has 1 aliphatic carbocycles. The molecule has 4 rings (SSSR count). The van der Waals surface area contributed by atoms with Crippen LogP contribution in [0, 0.1) is 0 Å². The summed E-state index contributed by atoms with van der Waals surface area (Å²) in [6.45, 7) is 2.52. The zero-order chi connectivity index (χ0) is 26.0. The SMILES string of the molecule is CCN(C(=O)c1cccc(NCC(=O)Nc2ccc(C(=O)NC3CCCCC3)cc2)c1)c1ccccc1. The summed E-state index contributed by atoms with van der Waals surface area (Å²) >= 11 is 0. The maximum atomic E-state index is 13.1. The highest BCUT2D eigenvalue weighted by Crippen LogP contribution is 2.20. The van der Waals surface area contributed by atoms with Gasteiger partial charge in [0.15, 0.2) is 0 Å². The average Bonchev–Trinajstić information content (AvgIpc) is 2.94. The van der Waals surface area contributed by atoms with Gasteiger partial charge < -0.3 is 20.9 Å². The lowest BCUT2D eigenvalue weighted by Crippen LogP contribution is -2.36. The number of para-hydroxylation sites is 1.